The van der Waals surface area contributed by atoms with Gasteiger partial charge in [0, 0.05) is 48.8 Å². The molecule has 6 rings (SSSR count). The Morgan fingerprint density at radius 1 is 1.06 bits per heavy atom. The van der Waals surface area contributed by atoms with Crippen molar-refractivity contribution >= 4 is 17.4 Å². The van der Waals surface area contributed by atoms with Gasteiger partial charge >= 0.3 is 6.18 Å². The molecule has 180 valence electrons. The van der Waals surface area contributed by atoms with Crippen molar-refractivity contribution in [3.8, 4) is 11.1 Å². The molecule has 9 heteroatoms. The Morgan fingerprint density at radius 3 is 2.41 bits per heavy atom. The summed E-state index contributed by atoms with van der Waals surface area (Å²) >= 11 is 0. The molecule has 1 amide bonds. The van der Waals surface area contributed by atoms with Crippen LogP contribution in [0.2, 0.25) is 0 Å². The summed E-state index contributed by atoms with van der Waals surface area (Å²) in [4.78, 5) is 25.8. The van der Waals surface area contributed by atoms with Gasteiger partial charge in [-0.25, -0.2) is 4.98 Å². The molecule has 4 fully saturated rings. The molecule has 1 saturated heterocycles. The van der Waals surface area contributed by atoms with Crippen molar-refractivity contribution in [2.75, 3.05) is 30.3 Å². The first-order valence-corrected chi connectivity index (χ1v) is 12.2. The topological polar surface area (TPSA) is 75.3 Å². The molecule has 0 unspecified atom stereocenters. The van der Waals surface area contributed by atoms with Crippen molar-refractivity contribution in [2.24, 2.45) is 11.8 Å². The van der Waals surface area contributed by atoms with E-state index in [-0.39, 0.29) is 17.9 Å². The van der Waals surface area contributed by atoms with Crippen molar-refractivity contribution in [1.82, 2.24) is 14.9 Å². The second-order valence-electron chi connectivity index (χ2n) is 10.2. The number of anilines is 2. The van der Waals surface area contributed by atoms with Crippen LogP contribution in [0.3, 0.4) is 0 Å². The van der Waals surface area contributed by atoms with E-state index >= 15 is 0 Å². The number of carbonyl (C=O) groups excluding carboxylic acids is 1. The van der Waals surface area contributed by atoms with E-state index in [9.17, 15) is 18.0 Å². The lowest BCUT2D eigenvalue weighted by atomic mass is 10.0. The quantitative estimate of drug-likeness (QED) is 0.697. The minimum absolute atomic E-state index is 0.200. The van der Waals surface area contributed by atoms with E-state index in [0.717, 1.165) is 68.2 Å². The molecule has 4 aliphatic rings. The highest BCUT2D eigenvalue weighted by Crippen LogP contribution is 2.46. The van der Waals surface area contributed by atoms with E-state index in [1.165, 1.54) is 12.3 Å². The van der Waals surface area contributed by atoms with Gasteiger partial charge in [-0.05, 0) is 56.6 Å². The molecule has 0 spiro atoms. The summed E-state index contributed by atoms with van der Waals surface area (Å²) in [7, 11) is 0. The molecule has 3 heterocycles. The van der Waals surface area contributed by atoms with Crippen LogP contribution in [0.25, 0.3) is 11.1 Å². The number of hydrogen-bond donors (Lipinski definition) is 1. The van der Waals surface area contributed by atoms with Crippen LogP contribution in [0.5, 0.6) is 0 Å². The first-order valence-electron chi connectivity index (χ1n) is 12.2. The van der Waals surface area contributed by atoms with Crippen molar-refractivity contribution in [3.05, 3.63) is 35.8 Å². The molecule has 1 aliphatic heterocycles. The van der Waals surface area contributed by atoms with Crippen LogP contribution in [0.4, 0.5) is 24.7 Å². The summed E-state index contributed by atoms with van der Waals surface area (Å²) in [5.74, 6) is 2.09. The molecular weight excluding hydrogens is 443 g/mol. The Morgan fingerprint density at radius 2 is 1.82 bits per heavy atom. The van der Waals surface area contributed by atoms with Gasteiger partial charge in [0.05, 0.1) is 17.4 Å². The summed E-state index contributed by atoms with van der Waals surface area (Å²) in [6, 6.07) is 4.50. The Kier molecular flexibility index (Phi) is 5.00. The maximum atomic E-state index is 13.0. The van der Waals surface area contributed by atoms with E-state index in [1.54, 1.807) is 0 Å². The fourth-order valence-corrected chi connectivity index (χ4v) is 5.13. The zero-order valence-electron chi connectivity index (χ0n) is 18.9. The number of hydrogen-bond acceptors (Lipinski definition) is 5. The van der Waals surface area contributed by atoms with Crippen LogP contribution in [0.15, 0.2) is 24.4 Å². The number of alkyl halides is 3. The number of halogens is 3. The number of nitrogens with two attached hydrogens (primary N) is 1. The molecule has 1 atom stereocenters. The summed E-state index contributed by atoms with van der Waals surface area (Å²) in [6.07, 6.45) is 3.13. The predicted octanol–water partition coefficient (Wildman–Crippen LogP) is 4.46. The Bertz CT molecular complexity index is 1110. The fourth-order valence-electron chi connectivity index (χ4n) is 5.13. The number of nitrogen functional groups attached to an aromatic ring is 1. The van der Waals surface area contributed by atoms with Crippen molar-refractivity contribution in [1.29, 1.82) is 0 Å². The third-order valence-corrected chi connectivity index (χ3v) is 7.48. The van der Waals surface area contributed by atoms with Crippen LogP contribution in [0, 0.1) is 11.8 Å². The third kappa shape index (κ3) is 4.09. The largest absolute Gasteiger partial charge is 0.433 e. The second kappa shape index (κ2) is 7.85. The molecule has 2 N–H and O–H groups in total. The normalized spacial score (nSPS) is 23.3. The maximum Gasteiger partial charge on any atom is 0.433 e. The minimum Gasteiger partial charge on any atom is -0.396 e. The molecule has 0 aromatic carbocycles. The highest BCUT2D eigenvalue weighted by atomic mass is 19.4. The van der Waals surface area contributed by atoms with Crippen LogP contribution in [0.1, 0.15) is 55.8 Å². The highest BCUT2D eigenvalue weighted by Gasteiger charge is 2.45. The van der Waals surface area contributed by atoms with Gasteiger partial charge < -0.3 is 15.5 Å². The minimum atomic E-state index is -4.47. The van der Waals surface area contributed by atoms with Gasteiger partial charge in [0.25, 0.3) is 0 Å². The molecule has 2 aromatic heterocycles. The smallest absolute Gasteiger partial charge is 0.396 e. The molecular formula is C25H28F3N5O. The van der Waals surface area contributed by atoms with Gasteiger partial charge in [-0.2, -0.15) is 13.2 Å². The molecule has 3 aliphatic carbocycles. The lowest BCUT2D eigenvalue weighted by Gasteiger charge is -2.43. The first-order chi connectivity index (χ1) is 16.3. The number of aromatic nitrogens is 2. The number of pyridine rings is 2. The van der Waals surface area contributed by atoms with E-state index in [2.05, 4.69) is 14.8 Å². The highest BCUT2D eigenvalue weighted by molar-refractivity contribution is 5.82. The van der Waals surface area contributed by atoms with E-state index < -0.39 is 11.9 Å². The maximum absolute atomic E-state index is 13.0. The van der Waals surface area contributed by atoms with Crippen molar-refractivity contribution in [3.63, 3.8) is 0 Å². The SMILES string of the molecule is Nc1cc(-c2ccc(C(F)(F)F)nc2)c(C2CC2)nc1N1CCN(C(=O)C2CC2)[C@H](C2CC2)C1. The van der Waals surface area contributed by atoms with Crippen LogP contribution >= 0.6 is 0 Å². The lowest BCUT2D eigenvalue weighted by molar-refractivity contribution is -0.141. The molecule has 0 bridgehead atoms. The van der Waals surface area contributed by atoms with Crippen LogP contribution < -0.4 is 10.6 Å². The van der Waals surface area contributed by atoms with E-state index in [4.69, 9.17) is 10.7 Å². The molecule has 2 aromatic rings. The molecule has 3 saturated carbocycles. The van der Waals surface area contributed by atoms with Gasteiger partial charge in [-0.1, -0.05) is 6.07 Å². The summed E-state index contributed by atoms with van der Waals surface area (Å²) in [5.41, 5.74) is 8.31. The van der Waals surface area contributed by atoms with Crippen molar-refractivity contribution < 1.29 is 18.0 Å². The van der Waals surface area contributed by atoms with E-state index in [1.807, 2.05) is 6.07 Å². The molecule has 0 radical (unpaired) electrons. The summed E-state index contributed by atoms with van der Waals surface area (Å²) in [6.45, 7) is 2.09. The second-order valence-corrected chi connectivity index (χ2v) is 10.2. The monoisotopic (exact) mass is 471 g/mol. The Labute approximate surface area is 196 Å². The first kappa shape index (κ1) is 21.7. The number of nitrogens with zero attached hydrogens (tertiary/aromatic N) is 4. The van der Waals surface area contributed by atoms with Crippen LogP contribution in [-0.2, 0) is 11.0 Å². The number of rotatable bonds is 5. The fraction of sp³-hybridized carbons (Fsp3) is 0.560. The van der Waals surface area contributed by atoms with E-state index in [0.29, 0.717) is 36.2 Å². The van der Waals surface area contributed by atoms with Gasteiger partial charge in [0.1, 0.15) is 5.69 Å². The Balaban J connectivity index is 1.29. The predicted molar refractivity (Wildman–Crippen MR) is 122 cm³/mol. The third-order valence-electron chi connectivity index (χ3n) is 7.48. The average Bonchev–Trinajstić information content (AvgIpc) is 3.67. The van der Waals surface area contributed by atoms with Crippen LogP contribution in [-0.4, -0.2) is 46.5 Å². The molecule has 34 heavy (non-hydrogen) atoms. The van der Waals surface area contributed by atoms with Gasteiger partial charge in [-0.3, -0.25) is 9.78 Å². The zero-order valence-corrected chi connectivity index (χ0v) is 18.9. The van der Waals surface area contributed by atoms with Gasteiger partial charge in [0.2, 0.25) is 5.91 Å². The molecule has 6 nitrogen and oxygen atoms in total. The zero-order chi connectivity index (χ0) is 23.6. The Hall–Kier alpha value is -2.84. The summed E-state index contributed by atoms with van der Waals surface area (Å²) in [5, 5.41) is 0. The van der Waals surface area contributed by atoms with Crippen molar-refractivity contribution in [2.45, 2.75) is 56.7 Å². The summed E-state index contributed by atoms with van der Waals surface area (Å²) < 4.78 is 38.9. The average molecular weight is 472 g/mol. The number of piperazine rings is 1. The van der Waals surface area contributed by atoms with Gasteiger partial charge in [0.15, 0.2) is 5.82 Å². The van der Waals surface area contributed by atoms with Gasteiger partial charge in [-0.15, -0.1) is 0 Å². The standard InChI is InChI=1S/C25H28F3N5O/c26-25(27,28)21-8-7-17(12-30-21)18-11-19(29)23(31-22(18)15-3-4-15)32-9-10-33(24(34)16-5-6-16)20(13-32)14-1-2-14/h7-8,11-12,14-16,20H,1-6,9-10,13,29H2/t20-/m0/s1. The lowest BCUT2D eigenvalue weighted by Crippen LogP contribution is -2.57. The number of carbonyl (C=O) groups is 1. The number of amides is 1.